The largest absolute Gasteiger partial charge is 0.374 e. The maximum absolute atomic E-state index is 12.6. The summed E-state index contributed by atoms with van der Waals surface area (Å²) in [4.78, 5) is 19.3. The second-order valence-electron chi connectivity index (χ2n) is 5.32. The van der Waals surface area contributed by atoms with Crippen LogP contribution in [0.2, 0.25) is 5.02 Å². The molecule has 0 N–H and O–H groups in total. The molecule has 7 heteroatoms. The highest BCUT2D eigenvalue weighted by molar-refractivity contribution is 8.27. The first-order valence-corrected chi connectivity index (χ1v) is 8.61. The zero-order valence-electron chi connectivity index (χ0n) is 12.2. The number of hydrogen-bond acceptors (Lipinski definition) is 5. The summed E-state index contributed by atoms with van der Waals surface area (Å²) >= 11 is 12.6. The van der Waals surface area contributed by atoms with E-state index in [4.69, 9.17) is 23.8 Å². The molecular formula is C15H16ClN3OS2. The molecule has 22 heavy (non-hydrogen) atoms. The van der Waals surface area contributed by atoms with E-state index in [-0.39, 0.29) is 5.91 Å². The van der Waals surface area contributed by atoms with Gasteiger partial charge in [-0.25, -0.2) is 0 Å². The van der Waals surface area contributed by atoms with Gasteiger partial charge in [0.2, 0.25) is 0 Å². The third-order valence-electron chi connectivity index (χ3n) is 3.72. The Kier molecular flexibility index (Phi) is 4.73. The fraction of sp³-hybridized carbons (Fsp3) is 0.333. The number of thioether (sulfide) groups is 1. The molecule has 0 radical (unpaired) electrons. The molecule has 2 fully saturated rings. The Balaban J connectivity index is 1.78. The van der Waals surface area contributed by atoms with Crippen LogP contribution in [-0.2, 0) is 4.79 Å². The van der Waals surface area contributed by atoms with Crippen LogP contribution in [0.5, 0.6) is 0 Å². The molecule has 0 saturated carbocycles. The number of likely N-dealkylation sites (N-methyl/N-ethyl adjacent to an activating group) is 1. The summed E-state index contributed by atoms with van der Waals surface area (Å²) in [7, 11) is 2.11. The maximum Gasteiger partial charge on any atom is 0.272 e. The van der Waals surface area contributed by atoms with E-state index < -0.39 is 0 Å². The second-order valence-corrected chi connectivity index (χ2v) is 7.43. The Morgan fingerprint density at radius 2 is 1.82 bits per heavy atom. The number of amides is 1. The van der Waals surface area contributed by atoms with Crippen molar-refractivity contribution in [1.82, 2.24) is 9.80 Å². The van der Waals surface area contributed by atoms with Crippen molar-refractivity contribution in [2.24, 2.45) is 0 Å². The lowest BCUT2D eigenvalue weighted by molar-refractivity contribution is -0.113. The van der Waals surface area contributed by atoms with E-state index in [1.165, 1.54) is 11.8 Å². The van der Waals surface area contributed by atoms with Gasteiger partial charge in [-0.15, -0.1) is 0 Å². The summed E-state index contributed by atoms with van der Waals surface area (Å²) in [6.45, 7) is 3.88. The van der Waals surface area contributed by atoms with Gasteiger partial charge in [-0.3, -0.25) is 9.69 Å². The van der Waals surface area contributed by atoms with Crippen LogP contribution < -0.4 is 4.90 Å². The summed E-state index contributed by atoms with van der Waals surface area (Å²) in [5, 5.41) is 0.641. The fourth-order valence-corrected chi connectivity index (χ4v) is 3.82. The lowest BCUT2D eigenvalue weighted by atomic mass is 10.3. The van der Waals surface area contributed by atoms with Gasteiger partial charge >= 0.3 is 0 Å². The summed E-state index contributed by atoms with van der Waals surface area (Å²) in [6, 6.07) is 7.15. The lowest BCUT2D eigenvalue weighted by Gasteiger charge is -2.31. The van der Waals surface area contributed by atoms with Gasteiger partial charge < -0.3 is 9.80 Å². The highest BCUT2D eigenvalue weighted by Crippen LogP contribution is 2.35. The zero-order valence-corrected chi connectivity index (χ0v) is 14.5. The highest BCUT2D eigenvalue weighted by Gasteiger charge is 2.34. The SMILES string of the molecule is CN1CCN(/C=C2\SC(=S)N(c3ccc(Cl)cc3)C2=O)CC1. The number of hydrogen-bond donors (Lipinski definition) is 0. The van der Waals surface area contributed by atoms with E-state index in [1.807, 2.05) is 18.3 Å². The minimum absolute atomic E-state index is 0.0590. The molecular weight excluding hydrogens is 338 g/mol. The number of halogens is 1. The second kappa shape index (κ2) is 6.58. The van der Waals surface area contributed by atoms with Crippen molar-refractivity contribution in [2.75, 3.05) is 38.1 Å². The van der Waals surface area contributed by atoms with E-state index in [2.05, 4.69) is 16.8 Å². The normalized spacial score (nSPS) is 22.0. The Hall–Kier alpha value is -1.08. The molecule has 0 aromatic heterocycles. The van der Waals surface area contributed by atoms with Gasteiger partial charge in [0.25, 0.3) is 5.91 Å². The van der Waals surface area contributed by atoms with Crippen molar-refractivity contribution >= 4 is 51.5 Å². The van der Waals surface area contributed by atoms with Gasteiger partial charge in [-0.1, -0.05) is 35.6 Å². The first-order chi connectivity index (χ1) is 10.5. The first-order valence-electron chi connectivity index (χ1n) is 7.01. The molecule has 4 nitrogen and oxygen atoms in total. The van der Waals surface area contributed by atoms with Crippen LogP contribution in [0.3, 0.4) is 0 Å². The molecule has 0 bridgehead atoms. The smallest absolute Gasteiger partial charge is 0.272 e. The van der Waals surface area contributed by atoms with Gasteiger partial charge in [0, 0.05) is 37.4 Å². The lowest BCUT2D eigenvalue weighted by Crippen LogP contribution is -2.42. The van der Waals surface area contributed by atoms with Crippen molar-refractivity contribution in [3.8, 4) is 0 Å². The predicted molar refractivity (Wildman–Crippen MR) is 96.3 cm³/mol. The number of thiocarbonyl (C=S) groups is 1. The number of carbonyl (C=O) groups is 1. The first kappa shape index (κ1) is 15.8. The quantitative estimate of drug-likeness (QED) is 0.602. The third kappa shape index (κ3) is 3.30. The van der Waals surface area contributed by atoms with Gasteiger partial charge in [0.05, 0.1) is 10.6 Å². The van der Waals surface area contributed by atoms with Crippen LogP contribution >= 0.6 is 35.6 Å². The minimum atomic E-state index is -0.0590. The molecule has 2 heterocycles. The van der Waals surface area contributed by atoms with Crippen molar-refractivity contribution in [3.63, 3.8) is 0 Å². The highest BCUT2D eigenvalue weighted by atomic mass is 35.5. The van der Waals surface area contributed by atoms with Gasteiger partial charge in [-0.2, -0.15) is 0 Å². The Morgan fingerprint density at radius 1 is 1.18 bits per heavy atom. The molecule has 2 saturated heterocycles. The van der Waals surface area contributed by atoms with Crippen molar-refractivity contribution < 1.29 is 4.79 Å². The van der Waals surface area contributed by atoms with E-state index in [0.717, 1.165) is 31.9 Å². The van der Waals surface area contributed by atoms with Crippen LogP contribution in [0.1, 0.15) is 0 Å². The molecule has 0 aliphatic carbocycles. The molecule has 2 aliphatic rings. The molecule has 1 amide bonds. The average molecular weight is 354 g/mol. The molecule has 0 unspecified atom stereocenters. The van der Waals surface area contributed by atoms with E-state index >= 15 is 0 Å². The van der Waals surface area contributed by atoms with E-state index in [1.54, 1.807) is 17.0 Å². The number of carbonyl (C=O) groups excluding carboxylic acids is 1. The van der Waals surface area contributed by atoms with E-state index in [0.29, 0.717) is 14.2 Å². The molecule has 116 valence electrons. The maximum atomic E-state index is 12.6. The van der Waals surface area contributed by atoms with Crippen LogP contribution in [-0.4, -0.2) is 53.3 Å². The zero-order chi connectivity index (χ0) is 15.7. The number of piperazine rings is 1. The summed E-state index contributed by atoms with van der Waals surface area (Å²) in [5.74, 6) is -0.0590. The van der Waals surface area contributed by atoms with Crippen LogP contribution in [0.25, 0.3) is 0 Å². The molecule has 3 rings (SSSR count). The summed E-state index contributed by atoms with van der Waals surface area (Å²) in [5.41, 5.74) is 0.758. The third-order valence-corrected chi connectivity index (χ3v) is 5.26. The number of rotatable bonds is 2. The minimum Gasteiger partial charge on any atom is -0.374 e. The monoisotopic (exact) mass is 353 g/mol. The Bertz CT molecular complexity index is 624. The number of anilines is 1. The fourth-order valence-electron chi connectivity index (χ4n) is 2.39. The standard InChI is InChI=1S/C15H16ClN3OS2/c1-17-6-8-18(9-7-17)10-13-14(20)19(15(21)22-13)12-4-2-11(16)3-5-12/h2-5,10H,6-9H2,1H3/b13-10-. The average Bonchev–Trinajstić information content (AvgIpc) is 2.77. The molecule has 0 atom stereocenters. The molecule has 2 aliphatic heterocycles. The number of benzene rings is 1. The van der Waals surface area contributed by atoms with Crippen molar-refractivity contribution in [1.29, 1.82) is 0 Å². The van der Waals surface area contributed by atoms with Crippen LogP contribution in [0.15, 0.2) is 35.4 Å². The van der Waals surface area contributed by atoms with Crippen molar-refractivity contribution in [2.45, 2.75) is 0 Å². The van der Waals surface area contributed by atoms with E-state index in [9.17, 15) is 4.79 Å². The molecule has 0 spiro atoms. The van der Waals surface area contributed by atoms with Gasteiger partial charge in [0.15, 0.2) is 4.32 Å². The van der Waals surface area contributed by atoms with Gasteiger partial charge in [0.1, 0.15) is 0 Å². The van der Waals surface area contributed by atoms with Gasteiger partial charge in [-0.05, 0) is 31.3 Å². The molecule has 1 aromatic rings. The van der Waals surface area contributed by atoms with Crippen molar-refractivity contribution in [3.05, 3.63) is 40.4 Å². The summed E-state index contributed by atoms with van der Waals surface area (Å²) in [6.07, 6.45) is 1.95. The van der Waals surface area contributed by atoms with Crippen LogP contribution in [0.4, 0.5) is 5.69 Å². The predicted octanol–water partition coefficient (Wildman–Crippen LogP) is 2.79. The summed E-state index contributed by atoms with van der Waals surface area (Å²) < 4.78 is 0.563. The van der Waals surface area contributed by atoms with Crippen LogP contribution in [0, 0.1) is 0 Å². The Morgan fingerprint density at radius 3 is 2.45 bits per heavy atom. The topological polar surface area (TPSA) is 26.8 Å². The Labute approximate surface area is 144 Å². The molecule has 1 aromatic carbocycles. The number of nitrogens with zero attached hydrogens (tertiary/aromatic N) is 3.